The van der Waals surface area contributed by atoms with Crippen molar-refractivity contribution in [3.8, 4) is 0 Å². The predicted octanol–water partition coefficient (Wildman–Crippen LogP) is 2.41. The van der Waals surface area contributed by atoms with Crippen LogP contribution in [0.25, 0.3) is 0 Å². The molecule has 0 heterocycles. The van der Waals surface area contributed by atoms with Gasteiger partial charge in [-0.05, 0) is 25.7 Å². The first-order chi connectivity index (χ1) is 9.10. The summed E-state index contributed by atoms with van der Waals surface area (Å²) >= 11 is 0. The lowest BCUT2D eigenvalue weighted by atomic mass is 10.1. The van der Waals surface area contributed by atoms with E-state index in [0.717, 1.165) is 25.7 Å². The van der Waals surface area contributed by atoms with Crippen LogP contribution in [0.1, 0.15) is 57.8 Å². The van der Waals surface area contributed by atoms with E-state index in [2.05, 4.69) is 9.47 Å². The summed E-state index contributed by atoms with van der Waals surface area (Å²) in [5.74, 6) is -0.202. The molecule has 0 aliphatic heterocycles. The smallest absolute Gasteiger partial charge is 0.305 e. The zero-order valence-corrected chi connectivity index (χ0v) is 11.9. The fourth-order valence-electron chi connectivity index (χ4n) is 1.69. The van der Waals surface area contributed by atoms with Gasteiger partial charge in [0.2, 0.25) is 0 Å². The Hall–Kier alpha value is -1.39. The molecule has 0 saturated heterocycles. The van der Waals surface area contributed by atoms with Gasteiger partial charge in [-0.2, -0.15) is 0 Å². The molecule has 0 bridgehead atoms. The third-order valence-electron chi connectivity index (χ3n) is 2.88. The Bertz CT molecular complexity index is 286. The van der Waals surface area contributed by atoms with Gasteiger partial charge in [-0.3, -0.25) is 14.4 Å². The first-order valence-electron chi connectivity index (χ1n) is 6.75. The van der Waals surface area contributed by atoms with Crippen LogP contribution in [-0.2, 0) is 23.9 Å². The fourth-order valence-corrected chi connectivity index (χ4v) is 1.69. The van der Waals surface area contributed by atoms with Crippen LogP contribution in [0.5, 0.6) is 0 Å². The Kier molecular flexibility index (Phi) is 10.8. The highest BCUT2D eigenvalue weighted by Crippen LogP contribution is 2.08. The molecule has 0 saturated carbocycles. The van der Waals surface area contributed by atoms with Crippen molar-refractivity contribution in [2.75, 3.05) is 14.2 Å². The highest BCUT2D eigenvalue weighted by atomic mass is 16.5. The number of ketones is 1. The molecule has 0 spiro atoms. The van der Waals surface area contributed by atoms with Crippen molar-refractivity contribution in [2.45, 2.75) is 57.8 Å². The summed E-state index contributed by atoms with van der Waals surface area (Å²) in [6, 6.07) is 0. The highest BCUT2D eigenvalue weighted by molar-refractivity contribution is 5.78. The number of ether oxygens (including phenoxy) is 2. The third kappa shape index (κ3) is 11.4. The minimum Gasteiger partial charge on any atom is -0.469 e. The normalized spacial score (nSPS) is 10.0. The van der Waals surface area contributed by atoms with Crippen LogP contribution >= 0.6 is 0 Å². The zero-order chi connectivity index (χ0) is 14.5. The summed E-state index contributed by atoms with van der Waals surface area (Å²) in [5, 5.41) is 0. The van der Waals surface area contributed by atoms with Gasteiger partial charge in [0.15, 0.2) is 0 Å². The van der Waals surface area contributed by atoms with Gasteiger partial charge in [-0.1, -0.05) is 6.42 Å². The van der Waals surface area contributed by atoms with Gasteiger partial charge >= 0.3 is 11.9 Å². The van der Waals surface area contributed by atoms with Crippen LogP contribution in [0.4, 0.5) is 0 Å². The average molecular weight is 272 g/mol. The fraction of sp³-hybridized carbons (Fsp3) is 0.786. The molecule has 0 N–H and O–H groups in total. The van der Waals surface area contributed by atoms with E-state index < -0.39 is 0 Å². The first kappa shape index (κ1) is 17.6. The maximum Gasteiger partial charge on any atom is 0.305 e. The zero-order valence-electron chi connectivity index (χ0n) is 11.9. The van der Waals surface area contributed by atoms with Gasteiger partial charge in [0.05, 0.1) is 14.2 Å². The quantitative estimate of drug-likeness (QED) is 0.427. The monoisotopic (exact) mass is 272 g/mol. The molecular weight excluding hydrogens is 248 g/mol. The van der Waals surface area contributed by atoms with E-state index in [4.69, 9.17) is 0 Å². The van der Waals surface area contributed by atoms with E-state index in [0.29, 0.717) is 32.1 Å². The summed E-state index contributed by atoms with van der Waals surface area (Å²) in [7, 11) is 2.74. The predicted molar refractivity (Wildman–Crippen MR) is 70.6 cm³/mol. The number of methoxy groups -OCH3 is 2. The second-order valence-electron chi connectivity index (χ2n) is 4.46. The summed E-state index contributed by atoms with van der Waals surface area (Å²) in [6.45, 7) is 0. The molecule has 5 heteroatoms. The lowest BCUT2D eigenvalue weighted by Gasteiger charge is -2.02. The standard InChI is InChI=1S/C14H24O5/c1-18-13(16)10-5-3-4-8-12(15)9-6-7-11-14(17)19-2/h3-11H2,1-2H3. The molecule has 110 valence electrons. The number of hydrogen-bond donors (Lipinski definition) is 0. The molecule has 5 nitrogen and oxygen atoms in total. The Labute approximate surface area is 114 Å². The maximum atomic E-state index is 11.5. The lowest BCUT2D eigenvalue weighted by Crippen LogP contribution is -2.02. The third-order valence-corrected chi connectivity index (χ3v) is 2.88. The second kappa shape index (κ2) is 11.7. The summed E-state index contributed by atoms with van der Waals surface area (Å²) in [5.41, 5.74) is 0. The van der Waals surface area contributed by atoms with E-state index >= 15 is 0 Å². The van der Waals surface area contributed by atoms with Crippen LogP contribution < -0.4 is 0 Å². The molecule has 0 radical (unpaired) electrons. The minimum atomic E-state index is -0.227. The summed E-state index contributed by atoms with van der Waals surface area (Å²) in [6.07, 6.45) is 5.75. The molecule has 0 aliphatic carbocycles. The molecule has 0 atom stereocenters. The van der Waals surface area contributed by atoms with Crippen LogP contribution in [0.3, 0.4) is 0 Å². The number of carbonyl (C=O) groups is 3. The molecule has 0 unspecified atom stereocenters. The number of carbonyl (C=O) groups excluding carboxylic acids is 3. The average Bonchev–Trinajstić information content (AvgIpc) is 2.42. The molecule has 0 aliphatic rings. The molecule has 0 rings (SSSR count). The van der Waals surface area contributed by atoms with Crippen LogP contribution in [0.15, 0.2) is 0 Å². The maximum absolute atomic E-state index is 11.5. The minimum absolute atomic E-state index is 0.200. The van der Waals surface area contributed by atoms with E-state index in [1.807, 2.05) is 0 Å². The summed E-state index contributed by atoms with van der Waals surface area (Å²) in [4.78, 5) is 33.2. The Morgan fingerprint density at radius 1 is 0.632 bits per heavy atom. The van der Waals surface area contributed by atoms with Gasteiger partial charge in [0, 0.05) is 25.7 Å². The van der Waals surface area contributed by atoms with E-state index in [9.17, 15) is 14.4 Å². The van der Waals surface area contributed by atoms with Crippen LogP contribution in [0.2, 0.25) is 0 Å². The molecule has 0 aromatic carbocycles. The second-order valence-corrected chi connectivity index (χ2v) is 4.46. The number of rotatable bonds is 11. The topological polar surface area (TPSA) is 69.7 Å². The van der Waals surface area contributed by atoms with E-state index in [-0.39, 0.29) is 17.7 Å². The van der Waals surface area contributed by atoms with Crippen molar-refractivity contribution in [3.63, 3.8) is 0 Å². The number of esters is 2. The largest absolute Gasteiger partial charge is 0.469 e. The van der Waals surface area contributed by atoms with Crippen molar-refractivity contribution in [1.82, 2.24) is 0 Å². The Morgan fingerprint density at radius 2 is 1.00 bits per heavy atom. The Balaban J connectivity index is 3.35. The van der Waals surface area contributed by atoms with Gasteiger partial charge in [-0.25, -0.2) is 0 Å². The van der Waals surface area contributed by atoms with Crippen molar-refractivity contribution in [1.29, 1.82) is 0 Å². The number of Topliss-reactive ketones (excluding diaryl/α,β-unsaturated/α-hetero) is 1. The highest BCUT2D eigenvalue weighted by Gasteiger charge is 2.05. The SMILES string of the molecule is COC(=O)CCCCCC(=O)CCCCC(=O)OC. The molecule has 0 amide bonds. The van der Waals surface area contributed by atoms with Crippen molar-refractivity contribution in [2.24, 2.45) is 0 Å². The van der Waals surface area contributed by atoms with E-state index in [1.165, 1.54) is 14.2 Å². The van der Waals surface area contributed by atoms with Gasteiger partial charge < -0.3 is 9.47 Å². The first-order valence-corrected chi connectivity index (χ1v) is 6.75. The number of unbranched alkanes of at least 4 members (excludes halogenated alkanes) is 3. The van der Waals surface area contributed by atoms with Gasteiger partial charge in [0.1, 0.15) is 5.78 Å². The molecule has 0 fully saturated rings. The van der Waals surface area contributed by atoms with E-state index in [1.54, 1.807) is 0 Å². The summed E-state index contributed by atoms with van der Waals surface area (Å²) < 4.78 is 9.04. The Morgan fingerprint density at radius 3 is 1.47 bits per heavy atom. The lowest BCUT2D eigenvalue weighted by molar-refractivity contribution is -0.141. The van der Waals surface area contributed by atoms with Crippen molar-refractivity contribution < 1.29 is 23.9 Å². The van der Waals surface area contributed by atoms with Crippen molar-refractivity contribution >= 4 is 17.7 Å². The molecule has 0 aromatic heterocycles. The van der Waals surface area contributed by atoms with Crippen LogP contribution in [0, 0.1) is 0 Å². The molecule has 19 heavy (non-hydrogen) atoms. The van der Waals surface area contributed by atoms with Gasteiger partial charge in [-0.15, -0.1) is 0 Å². The van der Waals surface area contributed by atoms with Crippen LogP contribution in [-0.4, -0.2) is 31.9 Å². The van der Waals surface area contributed by atoms with Crippen molar-refractivity contribution in [3.05, 3.63) is 0 Å². The number of hydrogen-bond acceptors (Lipinski definition) is 5. The van der Waals surface area contributed by atoms with Gasteiger partial charge in [0.25, 0.3) is 0 Å². The molecular formula is C14H24O5. The molecule has 0 aromatic rings.